The Balaban J connectivity index is 2.24. The van der Waals surface area contributed by atoms with Crippen molar-refractivity contribution in [3.63, 3.8) is 0 Å². The molecule has 2 aliphatic rings. The maximum absolute atomic E-state index is 2.87. The van der Waals surface area contributed by atoms with Crippen molar-refractivity contribution in [2.75, 3.05) is 0 Å². The van der Waals surface area contributed by atoms with Gasteiger partial charge in [0.2, 0.25) is 0 Å². The van der Waals surface area contributed by atoms with Crippen molar-refractivity contribution < 1.29 is 19.7 Å². The van der Waals surface area contributed by atoms with Gasteiger partial charge in [-0.15, -0.1) is 0 Å². The predicted octanol–water partition coefficient (Wildman–Crippen LogP) is 4.20. The van der Waals surface area contributed by atoms with Crippen LogP contribution in [0, 0.1) is 0 Å². The van der Waals surface area contributed by atoms with E-state index in [4.69, 9.17) is 0 Å². The van der Waals surface area contributed by atoms with Gasteiger partial charge in [0.15, 0.2) is 0 Å². The molecule has 0 unspecified atom stereocenters. The van der Waals surface area contributed by atoms with E-state index in [0.717, 1.165) is 0 Å². The van der Waals surface area contributed by atoms with E-state index in [0.29, 0.717) is 22.2 Å². The van der Waals surface area contributed by atoms with Crippen LogP contribution in [-0.4, -0.2) is 28.9 Å². The molecule has 0 bridgehead atoms. The first kappa shape index (κ1) is 16.0. The van der Waals surface area contributed by atoms with Crippen molar-refractivity contribution in [3.05, 3.63) is 0 Å². The molecule has 0 aromatic heterocycles. The van der Waals surface area contributed by atoms with E-state index in [1.54, 1.807) is 0 Å². The third-order valence-corrected chi connectivity index (χ3v) is 9.72. The van der Waals surface area contributed by atoms with Crippen LogP contribution in [0.15, 0.2) is 0 Å². The first-order chi connectivity index (χ1) is 8.39. The van der Waals surface area contributed by atoms with Crippen LogP contribution in [0.5, 0.6) is 0 Å². The van der Waals surface area contributed by atoms with Crippen molar-refractivity contribution in [2.45, 2.75) is 103 Å². The summed E-state index contributed by atoms with van der Waals surface area (Å²) in [7, 11) is 0. The van der Waals surface area contributed by atoms with E-state index < -0.39 is 0 Å². The van der Waals surface area contributed by atoms with Crippen LogP contribution in [0.3, 0.4) is 0 Å². The molecule has 0 amide bonds. The molecule has 0 atom stereocenters. The predicted molar refractivity (Wildman–Crippen MR) is 78.5 cm³/mol. The fraction of sp³-hybridized carbons (Fsp3) is 1.00. The Morgan fingerprint density at radius 1 is 0.526 bits per heavy atom. The molecule has 3 heteroatoms. The van der Waals surface area contributed by atoms with Crippen LogP contribution in [0.2, 0.25) is 0 Å². The molecule has 0 radical (unpaired) electrons. The van der Waals surface area contributed by atoms with Crippen LogP contribution >= 0.6 is 0 Å². The first-order valence-corrected chi connectivity index (χ1v) is 9.15. The van der Waals surface area contributed by atoms with Crippen molar-refractivity contribution in [3.8, 4) is 0 Å². The molecule has 2 heterocycles. The van der Waals surface area contributed by atoms with E-state index in [9.17, 15) is 0 Å². The summed E-state index contributed by atoms with van der Waals surface area (Å²) in [6.45, 7) is 19.6. The minimum absolute atomic E-state index is 0.236. The van der Waals surface area contributed by atoms with E-state index in [1.807, 2.05) is 0 Å². The molecule has 0 saturated carbocycles. The topological polar surface area (TPSA) is 6.48 Å². The van der Waals surface area contributed by atoms with Gasteiger partial charge in [0.1, 0.15) is 0 Å². The van der Waals surface area contributed by atoms with E-state index >= 15 is 0 Å². The second kappa shape index (κ2) is 4.56. The van der Waals surface area contributed by atoms with Crippen LogP contribution in [0.25, 0.3) is 0 Å². The van der Waals surface area contributed by atoms with E-state index in [-0.39, 0.29) is 19.7 Å². The summed E-state index contributed by atoms with van der Waals surface area (Å²) in [4.78, 5) is 0. The van der Waals surface area contributed by atoms with Gasteiger partial charge in [0, 0.05) is 0 Å². The molecule has 110 valence electrons. The van der Waals surface area contributed by atoms with Gasteiger partial charge in [-0.2, -0.15) is 0 Å². The molecule has 2 fully saturated rings. The Kier molecular flexibility index (Phi) is 3.85. The molecule has 0 aromatic rings. The van der Waals surface area contributed by atoms with Gasteiger partial charge in [-0.05, 0) is 0 Å². The van der Waals surface area contributed by atoms with E-state index in [1.165, 1.54) is 25.7 Å². The molecule has 0 aromatic carbocycles. The molecule has 0 spiro atoms. The minimum atomic E-state index is -0.236. The first-order valence-electron chi connectivity index (χ1n) is 7.76. The van der Waals surface area contributed by atoms with Crippen LogP contribution in [0.1, 0.15) is 81.1 Å². The zero-order chi connectivity index (χ0) is 14.7. The molecule has 19 heavy (non-hydrogen) atoms. The second-order valence-electron chi connectivity index (χ2n) is 9.02. The molecular weight excluding hydrogens is 268 g/mol. The Morgan fingerprint density at radius 2 is 0.737 bits per heavy atom. The average molecular weight is 300 g/mol. The van der Waals surface area contributed by atoms with E-state index in [2.05, 4.69) is 62.2 Å². The summed E-state index contributed by atoms with van der Waals surface area (Å²) >= 11 is -0.236. The van der Waals surface area contributed by atoms with Crippen LogP contribution < -0.4 is 0 Å². The number of hydrogen-bond donors (Lipinski definition) is 0. The summed E-state index contributed by atoms with van der Waals surface area (Å²) in [6, 6.07) is 0. The van der Waals surface area contributed by atoms with Gasteiger partial charge < -0.3 is 0 Å². The van der Waals surface area contributed by atoms with Gasteiger partial charge in [-0.25, -0.2) is 0 Å². The molecule has 2 aliphatic heterocycles. The van der Waals surface area contributed by atoms with Gasteiger partial charge in [-0.1, -0.05) is 0 Å². The Labute approximate surface area is 129 Å². The molecule has 0 N–H and O–H groups in total. The number of nitrogens with zero attached hydrogens (tertiary/aromatic N) is 2. The quantitative estimate of drug-likeness (QED) is 0.705. The third-order valence-electron chi connectivity index (χ3n) is 5.32. The Morgan fingerprint density at radius 3 is 0.947 bits per heavy atom. The van der Waals surface area contributed by atoms with Crippen molar-refractivity contribution in [2.24, 2.45) is 0 Å². The fourth-order valence-corrected chi connectivity index (χ4v) is 6.65. The van der Waals surface area contributed by atoms with Gasteiger partial charge in [0.25, 0.3) is 0 Å². The van der Waals surface area contributed by atoms with Crippen molar-refractivity contribution >= 4 is 0 Å². The summed E-state index contributed by atoms with van der Waals surface area (Å²) in [5.74, 6) is 0. The molecule has 2 saturated heterocycles. The standard InChI is InChI=1S/2C8H16N.Ti/c2*1-7(2)5-6-8(3,4)9-7;/h2*5-6H2,1-4H3;/q2*-1;+2. The number of hydrogen-bond acceptors (Lipinski definition) is 2. The van der Waals surface area contributed by atoms with Crippen LogP contribution in [-0.2, 0) is 19.7 Å². The van der Waals surface area contributed by atoms with Gasteiger partial charge in [0.05, 0.1) is 0 Å². The maximum atomic E-state index is 2.87. The van der Waals surface area contributed by atoms with Crippen molar-refractivity contribution in [1.82, 2.24) is 6.76 Å². The monoisotopic (exact) mass is 300 g/mol. The Hall–Kier alpha value is 0.634. The Bertz CT molecular complexity index is 292. The van der Waals surface area contributed by atoms with Gasteiger partial charge in [-0.3, -0.25) is 0 Å². The average Bonchev–Trinajstić information content (AvgIpc) is 2.55. The molecule has 2 rings (SSSR count). The molecule has 2 nitrogen and oxygen atoms in total. The number of rotatable bonds is 2. The summed E-state index contributed by atoms with van der Waals surface area (Å²) in [5.41, 5.74) is 1.55. The summed E-state index contributed by atoms with van der Waals surface area (Å²) in [6.07, 6.45) is 5.38. The fourth-order valence-electron chi connectivity index (χ4n) is 3.95. The van der Waals surface area contributed by atoms with Crippen LogP contribution in [0.4, 0.5) is 0 Å². The molecule has 0 aliphatic carbocycles. The SMILES string of the molecule is CC1(C)CCC(C)(C)[N]1[Ti][N]1C(C)(C)CCC1(C)C. The van der Waals surface area contributed by atoms with Gasteiger partial charge >= 0.3 is 130 Å². The second-order valence-corrected chi connectivity index (χ2v) is 10.7. The summed E-state index contributed by atoms with van der Waals surface area (Å²) in [5, 5.41) is 0. The molecular formula is C16H32N2Ti. The zero-order valence-corrected chi connectivity index (χ0v) is 15.8. The zero-order valence-electron chi connectivity index (χ0n) is 14.2. The van der Waals surface area contributed by atoms with Crippen molar-refractivity contribution in [1.29, 1.82) is 0 Å². The summed E-state index contributed by atoms with van der Waals surface area (Å²) < 4.78 is 5.74. The normalized spacial score (nSPS) is 32.6. The third kappa shape index (κ3) is 2.84.